The molecule has 0 aromatic carbocycles. The molecule has 1 aromatic rings. The maximum atomic E-state index is 5.61. The maximum absolute atomic E-state index is 5.61. The Morgan fingerprint density at radius 1 is 1.47 bits per heavy atom. The molecule has 1 unspecified atom stereocenters. The van der Waals surface area contributed by atoms with Gasteiger partial charge in [-0.25, -0.2) is 4.98 Å². The van der Waals surface area contributed by atoms with Crippen molar-refractivity contribution < 1.29 is 0 Å². The second-order valence-electron chi connectivity index (χ2n) is 4.90. The number of hydrogen-bond donors (Lipinski definition) is 1. The summed E-state index contributed by atoms with van der Waals surface area (Å²) in [5.41, 5.74) is 6.64. The minimum absolute atomic E-state index is 0.558. The van der Waals surface area contributed by atoms with Crippen LogP contribution in [0.4, 0.5) is 5.13 Å². The molecule has 3 nitrogen and oxygen atoms in total. The monoisotopic (exact) mass is 253 g/mol. The fourth-order valence-electron chi connectivity index (χ4n) is 2.59. The van der Waals surface area contributed by atoms with Crippen molar-refractivity contribution >= 4 is 16.5 Å². The van der Waals surface area contributed by atoms with E-state index in [1.165, 1.54) is 43.8 Å². The molecule has 17 heavy (non-hydrogen) atoms. The lowest BCUT2D eigenvalue weighted by Gasteiger charge is -2.19. The Morgan fingerprint density at radius 3 is 3.06 bits per heavy atom. The summed E-state index contributed by atoms with van der Waals surface area (Å²) < 4.78 is 0. The molecule has 1 saturated heterocycles. The van der Waals surface area contributed by atoms with Crippen molar-refractivity contribution in [3.8, 4) is 0 Å². The van der Waals surface area contributed by atoms with E-state index in [4.69, 9.17) is 5.73 Å². The van der Waals surface area contributed by atoms with Gasteiger partial charge in [0.15, 0.2) is 5.13 Å². The quantitative estimate of drug-likeness (QED) is 0.897. The SMILES string of the molecule is CCCC1CCCN(c2nc(CN)cs2)CC1. The molecule has 0 saturated carbocycles. The summed E-state index contributed by atoms with van der Waals surface area (Å²) in [6.07, 6.45) is 6.73. The molecule has 1 atom stereocenters. The third-order valence-corrected chi connectivity index (χ3v) is 4.51. The zero-order valence-corrected chi connectivity index (χ0v) is 11.5. The Morgan fingerprint density at radius 2 is 2.35 bits per heavy atom. The molecule has 0 amide bonds. The third kappa shape index (κ3) is 3.42. The zero-order chi connectivity index (χ0) is 12.1. The van der Waals surface area contributed by atoms with Crippen molar-refractivity contribution in [1.82, 2.24) is 4.98 Å². The molecule has 1 fully saturated rings. The topological polar surface area (TPSA) is 42.2 Å². The fraction of sp³-hybridized carbons (Fsp3) is 0.769. The average Bonchev–Trinajstić information content (AvgIpc) is 2.70. The zero-order valence-electron chi connectivity index (χ0n) is 10.7. The second-order valence-corrected chi connectivity index (χ2v) is 5.73. The number of hydrogen-bond acceptors (Lipinski definition) is 4. The van der Waals surface area contributed by atoms with Gasteiger partial charge < -0.3 is 10.6 Å². The molecule has 1 aromatic heterocycles. The summed E-state index contributed by atoms with van der Waals surface area (Å²) in [6, 6.07) is 0. The molecule has 2 heterocycles. The minimum atomic E-state index is 0.558. The number of aromatic nitrogens is 1. The van der Waals surface area contributed by atoms with Crippen molar-refractivity contribution in [2.75, 3.05) is 18.0 Å². The van der Waals surface area contributed by atoms with E-state index in [0.29, 0.717) is 6.54 Å². The maximum Gasteiger partial charge on any atom is 0.185 e. The molecule has 1 aliphatic heterocycles. The van der Waals surface area contributed by atoms with Gasteiger partial charge in [-0.15, -0.1) is 11.3 Å². The summed E-state index contributed by atoms with van der Waals surface area (Å²) in [6.45, 7) is 5.18. The van der Waals surface area contributed by atoms with E-state index < -0.39 is 0 Å². The lowest BCUT2D eigenvalue weighted by Crippen LogP contribution is -2.24. The van der Waals surface area contributed by atoms with E-state index in [-0.39, 0.29) is 0 Å². The van der Waals surface area contributed by atoms with Crippen LogP contribution in [-0.2, 0) is 6.54 Å². The van der Waals surface area contributed by atoms with Gasteiger partial charge in [0.2, 0.25) is 0 Å². The predicted molar refractivity (Wildman–Crippen MR) is 74.5 cm³/mol. The van der Waals surface area contributed by atoms with Gasteiger partial charge in [-0.3, -0.25) is 0 Å². The van der Waals surface area contributed by atoms with Crippen LogP contribution in [0.1, 0.15) is 44.7 Å². The Kier molecular flexibility index (Phi) is 4.80. The van der Waals surface area contributed by atoms with Crippen molar-refractivity contribution in [3.63, 3.8) is 0 Å². The highest BCUT2D eigenvalue weighted by atomic mass is 32.1. The van der Waals surface area contributed by atoms with Gasteiger partial charge in [-0.1, -0.05) is 19.8 Å². The molecular weight excluding hydrogens is 230 g/mol. The summed E-state index contributed by atoms with van der Waals surface area (Å²) in [5, 5.41) is 3.26. The Hall–Kier alpha value is -0.610. The van der Waals surface area contributed by atoms with Crippen LogP contribution < -0.4 is 10.6 Å². The van der Waals surface area contributed by atoms with E-state index in [0.717, 1.165) is 18.2 Å². The highest BCUT2D eigenvalue weighted by Gasteiger charge is 2.18. The highest BCUT2D eigenvalue weighted by Crippen LogP contribution is 2.27. The first-order valence-electron chi connectivity index (χ1n) is 6.73. The first-order valence-corrected chi connectivity index (χ1v) is 7.61. The van der Waals surface area contributed by atoms with Crippen LogP contribution in [0.25, 0.3) is 0 Å². The van der Waals surface area contributed by atoms with Gasteiger partial charge in [0.25, 0.3) is 0 Å². The van der Waals surface area contributed by atoms with Crippen LogP contribution in [0.3, 0.4) is 0 Å². The smallest absolute Gasteiger partial charge is 0.185 e. The van der Waals surface area contributed by atoms with Crippen molar-refractivity contribution in [2.24, 2.45) is 11.7 Å². The molecule has 0 bridgehead atoms. The van der Waals surface area contributed by atoms with Gasteiger partial charge >= 0.3 is 0 Å². The van der Waals surface area contributed by atoms with Crippen LogP contribution in [0.15, 0.2) is 5.38 Å². The van der Waals surface area contributed by atoms with E-state index in [2.05, 4.69) is 22.2 Å². The normalized spacial score (nSPS) is 21.5. The molecule has 2 rings (SSSR count). The summed E-state index contributed by atoms with van der Waals surface area (Å²) >= 11 is 1.74. The highest BCUT2D eigenvalue weighted by molar-refractivity contribution is 7.13. The van der Waals surface area contributed by atoms with Gasteiger partial charge in [-0.05, 0) is 25.2 Å². The largest absolute Gasteiger partial charge is 0.348 e. The molecule has 96 valence electrons. The number of nitrogens with two attached hydrogens (primary N) is 1. The van der Waals surface area contributed by atoms with E-state index in [1.54, 1.807) is 11.3 Å². The first kappa shape index (κ1) is 12.8. The summed E-state index contributed by atoms with van der Waals surface area (Å²) in [5.74, 6) is 0.930. The molecule has 0 aliphatic carbocycles. The molecule has 2 N–H and O–H groups in total. The van der Waals surface area contributed by atoms with Crippen LogP contribution in [0.5, 0.6) is 0 Å². The van der Waals surface area contributed by atoms with Gasteiger partial charge in [0.1, 0.15) is 0 Å². The van der Waals surface area contributed by atoms with Crippen molar-refractivity contribution in [3.05, 3.63) is 11.1 Å². The van der Waals surface area contributed by atoms with Crippen LogP contribution in [0.2, 0.25) is 0 Å². The third-order valence-electron chi connectivity index (χ3n) is 3.56. The van der Waals surface area contributed by atoms with Gasteiger partial charge in [0, 0.05) is 25.0 Å². The van der Waals surface area contributed by atoms with Gasteiger partial charge in [-0.2, -0.15) is 0 Å². The molecule has 0 radical (unpaired) electrons. The standard InChI is InChI=1S/C13H23N3S/c1-2-4-11-5-3-7-16(8-6-11)13-15-12(9-14)10-17-13/h10-11H,2-9,14H2,1H3. The fourth-order valence-corrected chi connectivity index (χ4v) is 3.48. The van der Waals surface area contributed by atoms with Crippen molar-refractivity contribution in [1.29, 1.82) is 0 Å². The summed E-state index contributed by atoms with van der Waals surface area (Å²) in [4.78, 5) is 7.03. The van der Waals surface area contributed by atoms with Crippen molar-refractivity contribution in [2.45, 2.75) is 45.6 Å². The summed E-state index contributed by atoms with van der Waals surface area (Å²) in [7, 11) is 0. The lowest BCUT2D eigenvalue weighted by molar-refractivity contribution is 0.435. The Bertz CT molecular complexity index is 337. The number of nitrogens with zero attached hydrogens (tertiary/aromatic N) is 2. The Labute approximate surface area is 108 Å². The van der Waals surface area contributed by atoms with Crippen LogP contribution >= 0.6 is 11.3 Å². The number of anilines is 1. The molecule has 0 spiro atoms. The number of thiazole rings is 1. The second kappa shape index (κ2) is 6.36. The Balaban J connectivity index is 1.93. The van der Waals surface area contributed by atoms with E-state index in [9.17, 15) is 0 Å². The predicted octanol–water partition coefficient (Wildman–Crippen LogP) is 3.01. The molecular formula is C13H23N3S. The lowest BCUT2D eigenvalue weighted by atomic mass is 9.96. The number of rotatable bonds is 4. The molecule has 4 heteroatoms. The minimum Gasteiger partial charge on any atom is -0.348 e. The van der Waals surface area contributed by atoms with E-state index in [1.807, 2.05) is 0 Å². The molecule has 1 aliphatic rings. The average molecular weight is 253 g/mol. The van der Waals surface area contributed by atoms with E-state index >= 15 is 0 Å². The van der Waals surface area contributed by atoms with Crippen LogP contribution in [0, 0.1) is 5.92 Å². The first-order chi connectivity index (χ1) is 8.33. The van der Waals surface area contributed by atoms with Gasteiger partial charge in [0.05, 0.1) is 5.69 Å². The van der Waals surface area contributed by atoms with Crippen LogP contribution in [-0.4, -0.2) is 18.1 Å².